The number of hydrogen-bond donors (Lipinski definition) is 0. The second kappa shape index (κ2) is 9.06. The highest BCUT2D eigenvalue weighted by Crippen LogP contribution is 2.12. The quantitative estimate of drug-likeness (QED) is 0.763. The van der Waals surface area contributed by atoms with Crippen molar-refractivity contribution in [2.45, 2.75) is 46.8 Å². The predicted molar refractivity (Wildman–Crippen MR) is 89.1 cm³/mol. The minimum Gasteiger partial charge on any atom is -0.491 e. The summed E-state index contributed by atoms with van der Waals surface area (Å²) in [7, 11) is 0. The van der Waals surface area contributed by atoms with E-state index >= 15 is 0 Å². The molecule has 2 nitrogen and oxygen atoms in total. The molecule has 2 heteroatoms. The third-order valence-electron chi connectivity index (χ3n) is 2.51. The first-order chi connectivity index (χ1) is 9.97. The fourth-order valence-electron chi connectivity index (χ4n) is 1.66. The Hall–Kier alpha value is -1.96. The zero-order chi connectivity index (χ0) is 15.7. The summed E-state index contributed by atoms with van der Waals surface area (Å²) in [6.07, 6.45) is 0.528. The molecule has 0 aliphatic carbocycles. The van der Waals surface area contributed by atoms with Crippen LogP contribution in [0, 0.1) is 6.92 Å². The van der Waals surface area contributed by atoms with Gasteiger partial charge in [0.15, 0.2) is 0 Å². The molecular formula is C19H26O2. The van der Waals surface area contributed by atoms with E-state index in [-0.39, 0.29) is 12.2 Å². The highest BCUT2D eigenvalue weighted by Gasteiger charge is 1.95. The van der Waals surface area contributed by atoms with Crippen molar-refractivity contribution >= 4 is 0 Å². The molecule has 0 amide bonds. The maximum atomic E-state index is 5.47. The Kier molecular flexibility index (Phi) is 7.38. The van der Waals surface area contributed by atoms with Crippen LogP contribution in [0.15, 0.2) is 54.6 Å². The summed E-state index contributed by atoms with van der Waals surface area (Å²) in [5.74, 6) is 1.89. The van der Waals surface area contributed by atoms with Crippen LogP contribution in [0.2, 0.25) is 0 Å². The molecule has 0 atom stereocenters. The SMILES string of the molecule is CC(C)Oc1ccccc1.Cc1ccc(OC(C)C)cc1. The topological polar surface area (TPSA) is 18.5 Å². The van der Waals surface area contributed by atoms with Crippen molar-refractivity contribution in [1.29, 1.82) is 0 Å². The van der Waals surface area contributed by atoms with Crippen LogP contribution >= 0.6 is 0 Å². The summed E-state index contributed by atoms with van der Waals surface area (Å²) in [5, 5.41) is 0. The zero-order valence-corrected chi connectivity index (χ0v) is 13.7. The molecule has 0 radical (unpaired) electrons. The molecule has 0 aromatic heterocycles. The third-order valence-corrected chi connectivity index (χ3v) is 2.51. The molecule has 0 saturated carbocycles. The second-order valence-corrected chi connectivity index (χ2v) is 5.46. The first kappa shape index (κ1) is 17.1. The first-order valence-electron chi connectivity index (χ1n) is 7.42. The van der Waals surface area contributed by atoms with Crippen LogP contribution in [0.1, 0.15) is 33.3 Å². The molecule has 0 N–H and O–H groups in total. The summed E-state index contributed by atoms with van der Waals surface area (Å²) in [6, 6.07) is 17.9. The van der Waals surface area contributed by atoms with Crippen molar-refractivity contribution < 1.29 is 9.47 Å². The lowest BCUT2D eigenvalue weighted by Gasteiger charge is -2.08. The maximum Gasteiger partial charge on any atom is 0.119 e. The Morgan fingerprint density at radius 2 is 1.05 bits per heavy atom. The molecule has 0 aliphatic heterocycles. The molecule has 2 aromatic rings. The fraction of sp³-hybridized carbons (Fsp3) is 0.368. The van der Waals surface area contributed by atoms with Gasteiger partial charge in [-0.3, -0.25) is 0 Å². The van der Waals surface area contributed by atoms with E-state index < -0.39 is 0 Å². The smallest absolute Gasteiger partial charge is 0.119 e. The van der Waals surface area contributed by atoms with Crippen LogP contribution < -0.4 is 9.47 Å². The Bertz CT molecular complexity index is 487. The van der Waals surface area contributed by atoms with Gasteiger partial charge >= 0.3 is 0 Å². The van der Waals surface area contributed by atoms with Crippen LogP contribution in [0.25, 0.3) is 0 Å². The van der Waals surface area contributed by atoms with Crippen LogP contribution in [-0.4, -0.2) is 12.2 Å². The Morgan fingerprint density at radius 3 is 1.48 bits per heavy atom. The molecule has 0 aliphatic rings. The third kappa shape index (κ3) is 8.03. The maximum absolute atomic E-state index is 5.47. The monoisotopic (exact) mass is 286 g/mol. The van der Waals surface area contributed by atoms with Crippen molar-refractivity contribution in [3.05, 3.63) is 60.2 Å². The number of hydrogen-bond acceptors (Lipinski definition) is 2. The molecule has 2 rings (SSSR count). The Morgan fingerprint density at radius 1 is 0.619 bits per heavy atom. The highest BCUT2D eigenvalue weighted by molar-refractivity contribution is 5.26. The van der Waals surface area contributed by atoms with Gasteiger partial charge in [-0.2, -0.15) is 0 Å². The Labute approximate surface area is 128 Å². The van der Waals surface area contributed by atoms with E-state index in [1.165, 1.54) is 5.56 Å². The van der Waals surface area contributed by atoms with Crippen molar-refractivity contribution in [2.75, 3.05) is 0 Å². The average molecular weight is 286 g/mol. The van der Waals surface area contributed by atoms with Gasteiger partial charge in [0, 0.05) is 0 Å². The van der Waals surface area contributed by atoms with Gasteiger partial charge in [0.25, 0.3) is 0 Å². The summed E-state index contributed by atoms with van der Waals surface area (Å²) >= 11 is 0. The van der Waals surface area contributed by atoms with E-state index in [9.17, 15) is 0 Å². The number of benzene rings is 2. The van der Waals surface area contributed by atoms with Gasteiger partial charge in [0.05, 0.1) is 12.2 Å². The highest BCUT2D eigenvalue weighted by atomic mass is 16.5. The van der Waals surface area contributed by atoms with Crippen LogP contribution in [-0.2, 0) is 0 Å². The molecule has 0 unspecified atom stereocenters. The molecular weight excluding hydrogens is 260 g/mol. The second-order valence-electron chi connectivity index (χ2n) is 5.46. The zero-order valence-electron chi connectivity index (χ0n) is 13.7. The van der Waals surface area contributed by atoms with Gasteiger partial charge in [-0.25, -0.2) is 0 Å². The average Bonchev–Trinajstić information content (AvgIpc) is 2.42. The predicted octanol–water partition coefficient (Wildman–Crippen LogP) is 5.26. The normalized spacial score (nSPS) is 10.0. The summed E-state index contributed by atoms with van der Waals surface area (Å²) < 4.78 is 10.9. The number of para-hydroxylation sites is 1. The van der Waals surface area contributed by atoms with Crippen molar-refractivity contribution in [2.24, 2.45) is 0 Å². The van der Waals surface area contributed by atoms with E-state index in [2.05, 4.69) is 19.1 Å². The largest absolute Gasteiger partial charge is 0.491 e. The van der Waals surface area contributed by atoms with E-state index in [0.29, 0.717) is 0 Å². The molecule has 0 heterocycles. The molecule has 0 fully saturated rings. The van der Waals surface area contributed by atoms with Crippen LogP contribution in [0.4, 0.5) is 0 Å². The number of ether oxygens (including phenoxy) is 2. The molecule has 2 aromatic carbocycles. The minimum atomic E-state index is 0.262. The molecule has 0 bridgehead atoms. The molecule has 0 saturated heterocycles. The Balaban J connectivity index is 0.000000211. The van der Waals surface area contributed by atoms with Crippen molar-refractivity contribution in [1.82, 2.24) is 0 Å². The van der Waals surface area contributed by atoms with Gasteiger partial charge in [-0.15, -0.1) is 0 Å². The molecule has 0 spiro atoms. The first-order valence-corrected chi connectivity index (χ1v) is 7.42. The minimum absolute atomic E-state index is 0.262. The van der Waals surface area contributed by atoms with E-state index in [0.717, 1.165) is 11.5 Å². The van der Waals surface area contributed by atoms with Gasteiger partial charge in [-0.05, 0) is 58.9 Å². The van der Waals surface area contributed by atoms with Crippen molar-refractivity contribution in [3.8, 4) is 11.5 Å². The van der Waals surface area contributed by atoms with E-state index in [4.69, 9.17) is 9.47 Å². The van der Waals surface area contributed by atoms with Crippen LogP contribution in [0.3, 0.4) is 0 Å². The van der Waals surface area contributed by atoms with Gasteiger partial charge in [-0.1, -0.05) is 35.9 Å². The number of rotatable bonds is 4. The van der Waals surface area contributed by atoms with Crippen LogP contribution in [0.5, 0.6) is 11.5 Å². The molecule has 114 valence electrons. The fourth-order valence-corrected chi connectivity index (χ4v) is 1.66. The van der Waals surface area contributed by atoms with Crippen molar-refractivity contribution in [3.63, 3.8) is 0 Å². The summed E-state index contributed by atoms with van der Waals surface area (Å²) in [5.41, 5.74) is 1.26. The lowest BCUT2D eigenvalue weighted by Crippen LogP contribution is -2.05. The molecule has 21 heavy (non-hydrogen) atoms. The summed E-state index contributed by atoms with van der Waals surface area (Å²) in [4.78, 5) is 0. The standard InChI is InChI=1S/C10H14O.C9H12O/c1-8(2)11-10-6-4-9(3)5-7-10;1-8(2)10-9-6-4-3-5-7-9/h4-8H,1-3H3;3-8H,1-2H3. The van der Waals surface area contributed by atoms with Gasteiger partial charge in [0.2, 0.25) is 0 Å². The van der Waals surface area contributed by atoms with Gasteiger partial charge in [0.1, 0.15) is 11.5 Å². The summed E-state index contributed by atoms with van der Waals surface area (Å²) in [6.45, 7) is 10.2. The lowest BCUT2D eigenvalue weighted by molar-refractivity contribution is 0.242. The number of aryl methyl sites for hydroxylation is 1. The lowest BCUT2D eigenvalue weighted by atomic mass is 10.2. The van der Waals surface area contributed by atoms with Gasteiger partial charge < -0.3 is 9.47 Å². The van der Waals surface area contributed by atoms with E-state index in [1.54, 1.807) is 0 Å². The van der Waals surface area contributed by atoms with E-state index in [1.807, 2.05) is 70.2 Å².